The van der Waals surface area contributed by atoms with Crippen LogP contribution in [0.2, 0.25) is 5.02 Å². The van der Waals surface area contributed by atoms with Gasteiger partial charge in [0.1, 0.15) is 11.3 Å². The molecule has 0 atom stereocenters. The Morgan fingerprint density at radius 1 is 1.07 bits per heavy atom. The van der Waals surface area contributed by atoms with Gasteiger partial charge in [0.05, 0.1) is 5.92 Å². The first-order chi connectivity index (χ1) is 7.33. The van der Waals surface area contributed by atoms with Crippen LogP contribution in [0.5, 0.6) is 0 Å². The zero-order valence-electron chi connectivity index (χ0n) is 7.98. The highest BCUT2D eigenvalue weighted by Crippen LogP contribution is 2.30. The quantitative estimate of drug-likeness (QED) is 0.693. The third-order valence-corrected chi connectivity index (χ3v) is 2.81. The maximum absolute atomic E-state index is 5.92. The number of halogens is 1. The Morgan fingerprint density at radius 3 is 2.67 bits per heavy atom. The second-order valence-corrected chi connectivity index (χ2v) is 4.06. The van der Waals surface area contributed by atoms with Crippen LogP contribution in [0.15, 0.2) is 53.0 Å². The summed E-state index contributed by atoms with van der Waals surface area (Å²) in [7, 11) is 0. The van der Waals surface area contributed by atoms with E-state index in [1.165, 1.54) is 0 Å². The van der Waals surface area contributed by atoms with Gasteiger partial charge in [0, 0.05) is 10.4 Å². The fraction of sp³-hybridized carbons (Fsp3) is 0.0769. The number of allylic oxidation sites excluding steroid dienone is 4. The molecule has 1 aromatic carbocycles. The molecule has 1 nitrogen and oxygen atoms in total. The van der Waals surface area contributed by atoms with E-state index in [0.29, 0.717) is 0 Å². The van der Waals surface area contributed by atoms with Gasteiger partial charge in [-0.3, -0.25) is 0 Å². The molecule has 15 heavy (non-hydrogen) atoms. The van der Waals surface area contributed by atoms with Crippen LogP contribution in [0.25, 0.3) is 11.0 Å². The minimum Gasteiger partial charge on any atom is -0.460 e. The number of hydrogen-bond donors (Lipinski definition) is 0. The van der Waals surface area contributed by atoms with E-state index in [4.69, 9.17) is 16.0 Å². The lowest BCUT2D eigenvalue weighted by Gasteiger charge is -1.97. The smallest absolute Gasteiger partial charge is 0.134 e. The van der Waals surface area contributed by atoms with Gasteiger partial charge in [-0.15, -0.1) is 0 Å². The first kappa shape index (κ1) is 8.81. The average Bonchev–Trinajstić information content (AvgIpc) is 2.84. The molecule has 0 saturated carbocycles. The summed E-state index contributed by atoms with van der Waals surface area (Å²) in [6.45, 7) is 0. The van der Waals surface area contributed by atoms with E-state index in [9.17, 15) is 0 Å². The van der Waals surface area contributed by atoms with Gasteiger partial charge < -0.3 is 4.42 Å². The highest BCUT2D eigenvalue weighted by molar-refractivity contribution is 6.31. The summed E-state index contributed by atoms with van der Waals surface area (Å²) in [5.74, 6) is 1.24. The van der Waals surface area contributed by atoms with Crippen LogP contribution in [0.3, 0.4) is 0 Å². The minimum atomic E-state index is 0.274. The number of hydrogen-bond acceptors (Lipinski definition) is 1. The molecule has 0 N–H and O–H groups in total. The van der Waals surface area contributed by atoms with E-state index >= 15 is 0 Å². The molecule has 0 aliphatic heterocycles. The Hall–Kier alpha value is -1.47. The first-order valence-corrected chi connectivity index (χ1v) is 5.25. The van der Waals surface area contributed by atoms with E-state index in [0.717, 1.165) is 21.8 Å². The molecule has 1 heterocycles. The topological polar surface area (TPSA) is 13.1 Å². The van der Waals surface area contributed by atoms with Gasteiger partial charge in [0.25, 0.3) is 0 Å². The summed E-state index contributed by atoms with van der Waals surface area (Å²) < 4.78 is 5.75. The second-order valence-electron chi connectivity index (χ2n) is 3.63. The van der Waals surface area contributed by atoms with Gasteiger partial charge in [-0.1, -0.05) is 35.9 Å². The van der Waals surface area contributed by atoms with Gasteiger partial charge in [0.15, 0.2) is 0 Å². The minimum absolute atomic E-state index is 0.274. The van der Waals surface area contributed by atoms with Crippen LogP contribution >= 0.6 is 11.6 Å². The molecule has 0 radical (unpaired) electrons. The van der Waals surface area contributed by atoms with Gasteiger partial charge in [-0.25, -0.2) is 0 Å². The summed E-state index contributed by atoms with van der Waals surface area (Å²) in [6, 6.07) is 7.72. The van der Waals surface area contributed by atoms with E-state index in [2.05, 4.69) is 12.2 Å². The maximum atomic E-state index is 5.92. The second kappa shape index (κ2) is 3.28. The summed E-state index contributed by atoms with van der Waals surface area (Å²) in [5.41, 5.74) is 0.892. The van der Waals surface area contributed by atoms with Crippen molar-refractivity contribution >= 4 is 22.6 Å². The largest absolute Gasteiger partial charge is 0.460 e. The third kappa shape index (κ3) is 1.49. The van der Waals surface area contributed by atoms with Crippen molar-refractivity contribution in [3.8, 4) is 0 Å². The highest BCUT2D eigenvalue weighted by Gasteiger charge is 2.12. The van der Waals surface area contributed by atoms with Crippen LogP contribution < -0.4 is 0 Å². The molecule has 1 aromatic heterocycles. The molecule has 2 heteroatoms. The number of benzene rings is 1. The van der Waals surface area contributed by atoms with Gasteiger partial charge in [-0.2, -0.15) is 0 Å². The monoisotopic (exact) mass is 216 g/mol. The maximum Gasteiger partial charge on any atom is 0.134 e. The van der Waals surface area contributed by atoms with E-state index < -0.39 is 0 Å². The van der Waals surface area contributed by atoms with Gasteiger partial charge in [-0.05, 0) is 24.3 Å². The molecule has 0 amide bonds. The Balaban J connectivity index is 2.13. The van der Waals surface area contributed by atoms with Gasteiger partial charge in [0.2, 0.25) is 0 Å². The average molecular weight is 217 g/mol. The number of rotatable bonds is 1. The summed E-state index contributed by atoms with van der Waals surface area (Å²) in [4.78, 5) is 0. The fourth-order valence-corrected chi connectivity index (χ4v) is 2.00. The Labute approximate surface area is 92.7 Å². The van der Waals surface area contributed by atoms with Gasteiger partial charge >= 0.3 is 0 Å². The normalized spacial score (nSPS) is 15.5. The van der Waals surface area contributed by atoms with Crippen molar-refractivity contribution < 1.29 is 4.42 Å². The van der Waals surface area contributed by atoms with E-state index in [1.54, 1.807) is 0 Å². The molecule has 0 unspecified atom stereocenters. The Morgan fingerprint density at radius 2 is 1.87 bits per heavy atom. The zero-order chi connectivity index (χ0) is 10.3. The van der Waals surface area contributed by atoms with Crippen molar-refractivity contribution in [2.45, 2.75) is 5.92 Å². The number of fused-ring (bicyclic) bond motifs is 1. The molecular weight excluding hydrogens is 208 g/mol. The molecule has 0 spiro atoms. The standard InChI is InChI=1S/C13H9ClO/c14-11-5-6-12-10(7-11)8-13(15-12)9-3-1-2-4-9/h1-9H. The predicted octanol–water partition coefficient (Wildman–Crippen LogP) is 4.30. The van der Waals surface area contributed by atoms with Crippen LogP contribution in [0, 0.1) is 0 Å². The number of furan rings is 1. The van der Waals surface area contributed by atoms with Crippen molar-refractivity contribution in [3.63, 3.8) is 0 Å². The highest BCUT2D eigenvalue weighted by atomic mass is 35.5. The Kier molecular flexibility index (Phi) is 1.93. The molecule has 1 aliphatic rings. The van der Waals surface area contributed by atoms with Crippen LogP contribution in [-0.4, -0.2) is 0 Å². The summed E-state index contributed by atoms with van der Waals surface area (Å²) >= 11 is 5.92. The van der Waals surface area contributed by atoms with E-state index in [1.807, 2.05) is 36.4 Å². The first-order valence-electron chi connectivity index (χ1n) is 4.87. The molecule has 0 fully saturated rings. The molecule has 3 rings (SSSR count). The molecule has 0 saturated heterocycles. The molecular formula is C13H9ClO. The van der Waals surface area contributed by atoms with Crippen molar-refractivity contribution in [3.05, 3.63) is 59.4 Å². The summed E-state index contributed by atoms with van der Waals surface area (Å²) in [6.07, 6.45) is 8.29. The molecule has 2 aromatic rings. The fourth-order valence-electron chi connectivity index (χ4n) is 1.82. The predicted molar refractivity (Wildman–Crippen MR) is 62.2 cm³/mol. The van der Waals surface area contributed by atoms with Crippen LogP contribution in [0.4, 0.5) is 0 Å². The SMILES string of the molecule is Clc1ccc2oc(C3C=CC=C3)cc2c1. The lowest BCUT2D eigenvalue weighted by molar-refractivity contribution is 0.550. The van der Waals surface area contributed by atoms with Crippen molar-refractivity contribution in [2.24, 2.45) is 0 Å². The molecule has 74 valence electrons. The summed E-state index contributed by atoms with van der Waals surface area (Å²) in [5, 5.41) is 1.80. The Bertz CT molecular complexity index is 551. The van der Waals surface area contributed by atoms with E-state index in [-0.39, 0.29) is 5.92 Å². The van der Waals surface area contributed by atoms with Crippen molar-refractivity contribution in [1.82, 2.24) is 0 Å². The lowest BCUT2D eigenvalue weighted by atomic mass is 10.1. The third-order valence-electron chi connectivity index (χ3n) is 2.57. The molecule has 1 aliphatic carbocycles. The zero-order valence-corrected chi connectivity index (χ0v) is 8.74. The van der Waals surface area contributed by atoms with Crippen molar-refractivity contribution in [2.75, 3.05) is 0 Å². The van der Waals surface area contributed by atoms with Crippen LogP contribution in [0.1, 0.15) is 11.7 Å². The van der Waals surface area contributed by atoms with Crippen LogP contribution in [-0.2, 0) is 0 Å². The molecule has 0 bridgehead atoms. The lowest BCUT2D eigenvalue weighted by Crippen LogP contribution is -1.82. The van der Waals surface area contributed by atoms with Crippen molar-refractivity contribution in [1.29, 1.82) is 0 Å².